The van der Waals surface area contributed by atoms with Crippen LogP contribution in [0.25, 0.3) is 11.1 Å². The second-order valence-corrected chi connectivity index (χ2v) is 7.13. The van der Waals surface area contributed by atoms with E-state index in [4.69, 9.17) is 4.74 Å². The van der Waals surface area contributed by atoms with E-state index in [-0.39, 0.29) is 5.91 Å². The van der Waals surface area contributed by atoms with E-state index in [1.165, 1.54) is 6.42 Å². The van der Waals surface area contributed by atoms with Crippen LogP contribution in [0.1, 0.15) is 41.6 Å². The predicted octanol–water partition coefficient (Wildman–Crippen LogP) is 4.50. The van der Waals surface area contributed by atoms with E-state index in [2.05, 4.69) is 6.07 Å². The molecule has 2 aromatic carbocycles. The highest BCUT2D eigenvalue weighted by Gasteiger charge is 2.24. The SMILES string of the molecule is COCCC[C@H]1CCCN(C(=O)c2cccc(-c3ccccc3C#N)c2)C1. The first-order valence-electron chi connectivity index (χ1n) is 9.60. The van der Waals surface area contributed by atoms with Crippen molar-refractivity contribution >= 4 is 5.91 Å². The van der Waals surface area contributed by atoms with Gasteiger partial charge in [-0.3, -0.25) is 4.79 Å². The summed E-state index contributed by atoms with van der Waals surface area (Å²) in [7, 11) is 1.73. The van der Waals surface area contributed by atoms with Crippen LogP contribution < -0.4 is 0 Å². The van der Waals surface area contributed by atoms with Crippen LogP contribution in [0.5, 0.6) is 0 Å². The first-order valence-corrected chi connectivity index (χ1v) is 9.60. The molecule has 4 heteroatoms. The van der Waals surface area contributed by atoms with Crippen molar-refractivity contribution < 1.29 is 9.53 Å². The van der Waals surface area contributed by atoms with Crippen LogP contribution in [0.4, 0.5) is 0 Å². The fourth-order valence-corrected chi connectivity index (χ4v) is 3.84. The number of amides is 1. The van der Waals surface area contributed by atoms with Crippen LogP contribution in [0.2, 0.25) is 0 Å². The van der Waals surface area contributed by atoms with Crippen LogP contribution in [0, 0.1) is 17.2 Å². The molecular formula is C23H26N2O2. The van der Waals surface area contributed by atoms with Crippen LogP contribution in [0.15, 0.2) is 48.5 Å². The summed E-state index contributed by atoms with van der Waals surface area (Å²) in [5.41, 5.74) is 3.09. The largest absolute Gasteiger partial charge is 0.385 e. The fraction of sp³-hybridized carbons (Fsp3) is 0.391. The standard InChI is InChI=1S/C23H26N2O2/c1-27-14-6-8-18-7-5-13-25(17-18)23(26)20-11-4-10-19(15-20)22-12-3-2-9-21(22)16-24/h2-4,9-12,15,18H,5-8,13-14,17H2,1H3/t18-/m1/s1. The molecule has 0 spiro atoms. The van der Waals surface area contributed by atoms with Crippen LogP contribution in [-0.4, -0.2) is 37.6 Å². The van der Waals surface area contributed by atoms with Crippen molar-refractivity contribution in [2.24, 2.45) is 5.92 Å². The third-order valence-corrected chi connectivity index (χ3v) is 5.24. The van der Waals surface area contributed by atoms with Gasteiger partial charge in [0.15, 0.2) is 0 Å². The first kappa shape index (κ1) is 19.1. The number of likely N-dealkylation sites (tertiary alicyclic amines) is 1. The van der Waals surface area contributed by atoms with E-state index < -0.39 is 0 Å². The Hall–Kier alpha value is -2.64. The van der Waals surface area contributed by atoms with Gasteiger partial charge in [0.05, 0.1) is 11.6 Å². The lowest BCUT2D eigenvalue weighted by molar-refractivity contribution is 0.0660. The Bertz CT molecular complexity index is 825. The van der Waals surface area contributed by atoms with Crippen molar-refractivity contribution in [2.45, 2.75) is 25.7 Å². The van der Waals surface area contributed by atoms with Crippen molar-refractivity contribution in [3.8, 4) is 17.2 Å². The first-order chi connectivity index (χ1) is 13.2. The number of hydrogen-bond acceptors (Lipinski definition) is 3. The van der Waals surface area contributed by atoms with E-state index in [1.54, 1.807) is 13.2 Å². The molecule has 0 N–H and O–H groups in total. The smallest absolute Gasteiger partial charge is 0.253 e. The summed E-state index contributed by atoms with van der Waals surface area (Å²) >= 11 is 0. The highest BCUT2D eigenvalue weighted by Crippen LogP contribution is 2.26. The molecule has 0 radical (unpaired) electrons. The summed E-state index contributed by atoms with van der Waals surface area (Å²) < 4.78 is 5.15. The minimum Gasteiger partial charge on any atom is -0.385 e. The van der Waals surface area contributed by atoms with Crippen molar-refractivity contribution in [3.63, 3.8) is 0 Å². The summed E-state index contributed by atoms with van der Waals surface area (Å²) in [6, 6.07) is 17.4. The zero-order valence-electron chi connectivity index (χ0n) is 15.9. The monoisotopic (exact) mass is 362 g/mol. The number of methoxy groups -OCH3 is 1. The molecule has 0 aliphatic carbocycles. The Labute approximate surface area is 161 Å². The van der Waals surface area contributed by atoms with Gasteiger partial charge in [0.1, 0.15) is 0 Å². The van der Waals surface area contributed by atoms with E-state index >= 15 is 0 Å². The van der Waals surface area contributed by atoms with Crippen molar-refractivity contribution in [3.05, 3.63) is 59.7 Å². The highest BCUT2D eigenvalue weighted by atomic mass is 16.5. The number of ether oxygens (including phenoxy) is 1. The molecule has 1 heterocycles. The number of piperidine rings is 1. The van der Waals surface area contributed by atoms with Crippen LogP contribution >= 0.6 is 0 Å². The second-order valence-electron chi connectivity index (χ2n) is 7.13. The van der Waals surface area contributed by atoms with Gasteiger partial charge in [-0.2, -0.15) is 5.26 Å². The van der Waals surface area contributed by atoms with Gasteiger partial charge in [-0.15, -0.1) is 0 Å². The molecule has 0 bridgehead atoms. The second kappa shape index (κ2) is 9.34. The average molecular weight is 362 g/mol. The number of benzene rings is 2. The fourth-order valence-electron chi connectivity index (χ4n) is 3.84. The maximum absolute atomic E-state index is 13.0. The van der Waals surface area contributed by atoms with Gasteiger partial charge < -0.3 is 9.64 Å². The molecule has 0 unspecified atom stereocenters. The van der Waals surface area contributed by atoms with Gasteiger partial charge in [-0.1, -0.05) is 30.3 Å². The van der Waals surface area contributed by atoms with Gasteiger partial charge in [-0.05, 0) is 60.9 Å². The molecule has 0 saturated carbocycles. The van der Waals surface area contributed by atoms with Crippen LogP contribution in [0.3, 0.4) is 0 Å². The lowest BCUT2D eigenvalue weighted by Crippen LogP contribution is -2.40. The van der Waals surface area contributed by atoms with Gasteiger partial charge >= 0.3 is 0 Å². The summed E-state index contributed by atoms with van der Waals surface area (Å²) in [4.78, 5) is 15.0. The molecule has 1 saturated heterocycles. The van der Waals surface area contributed by atoms with E-state index in [1.807, 2.05) is 47.4 Å². The third-order valence-electron chi connectivity index (χ3n) is 5.24. The van der Waals surface area contributed by atoms with E-state index in [9.17, 15) is 10.1 Å². The van der Waals surface area contributed by atoms with Crippen molar-refractivity contribution in [2.75, 3.05) is 26.8 Å². The molecule has 1 atom stereocenters. The molecule has 27 heavy (non-hydrogen) atoms. The summed E-state index contributed by atoms with van der Waals surface area (Å²) in [6.45, 7) is 2.42. The normalized spacial score (nSPS) is 16.7. The van der Waals surface area contributed by atoms with Gasteiger partial charge in [0.2, 0.25) is 0 Å². The number of hydrogen-bond donors (Lipinski definition) is 0. The molecule has 4 nitrogen and oxygen atoms in total. The molecule has 1 aliphatic rings. The zero-order valence-corrected chi connectivity index (χ0v) is 15.9. The molecule has 2 aromatic rings. The van der Waals surface area contributed by atoms with E-state index in [0.717, 1.165) is 50.1 Å². The zero-order chi connectivity index (χ0) is 19.1. The summed E-state index contributed by atoms with van der Waals surface area (Å²) in [5, 5.41) is 9.35. The summed E-state index contributed by atoms with van der Waals surface area (Å²) in [6.07, 6.45) is 4.39. The Morgan fingerprint density at radius 2 is 2.11 bits per heavy atom. The quantitative estimate of drug-likeness (QED) is 0.711. The molecule has 0 aromatic heterocycles. The summed E-state index contributed by atoms with van der Waals surface area (Å²) in [5.74, 6) is 0.642. The van der Waals surface area contributed by atoms with Crippen molar-refractivity contribution in [1.29, 1.82) is 5.26 Å². The minimum atomic E-state index is 0.0859. The third kappa shape index (κ3) is 4.75. The van der Waals surface area contributed by atoms with Gasteiger partial charge in [-0.25, -0.2) is 0 Å². The number of nitrogens with zero attached hydrogens (tertiary/aromatic N) is 2. The molecular weight excluding hydrogens is 336 g/mol. The molecule has 140 valence electrons. The molecule has 1 fully saturated rings. The Kier molecular flexibility index (Phi) is 6.62. The molecule has 1 aliphatic heterocycles. The van der Waals surface area contributed by atoms with Gasteiger partial charge in [0.25, 0.3) is 5.91 Å². The van der Waals surface area contributed by atoms with Crippen LogP contribution in [-0.2, 0) is 4.74 Å². The Morgan fingerprint density at radius 1 is 1.26 bits per heavy atom. The average Bonchev–Trinajstić information content (AvgIpc) is 2.73. The molecule has 3 rings (SSSR count). The molecule has 1 amide bonds. The lowest BCUT2D eigenvalue weighted by Gasteiger charge is -2.33. The highest BCUT2D eigenvalue weighted by molar-refractivity contribution is 5.95. The Morgan fingerprint density at radius 3 is 2.93 bits per heavy atom. The minimum absolute atomic E-state index is 0.0859. The maximum atomic E-state index is 13.0. The Balaban J connectivity index is 1.75. The van der Waals surface area contributed by atoms with E-state index in [0.29, 0.717) is 17.0 Å². The van der Waals surface area contributed by atoms with Gasteiger partial charge in [0, 0.05) is 32.4 Å². The maximum Gasteiger partial charge on any atom is 0.253 e. The number of nitriles is 1. The topological polar surface area (TPSA) is 53.3 Å². The predicted molar refractivity (Wildman–Crippen MR) is 106 cm³/mol. The number of carbonyl (C=O) groups is 1. The number of carbonyl (C=O) groups excluding carboxylic acids is 1. The lowest BCUT2D eigenvalue weighted by atomic mass is 9.92. The number of rotatable bonds is 6. The van der Waals surface area contributed by atoms with Crippen molar-refractivity contribution in [1.82, 2.24) is 4.90 Å².